The van der Waals surface area contributed by atoms with Gasteiger partial charge >= 0.3 is 12.0 Å². The number of anilines is 2. The van der Waals surface area contributed by atoms with E-state index in [1.807, 2.05) is 12.1 Å². The average Bonchev–Trinajstić information content (AvgIpc) is 3.21. The van der Waals surface area contributed by atoms with Crippen molar-refractivity contribution < 1.29 is 19.4 Å². The number of hydrogen-bond donors (Lipinski definition) is 2. The Hall–Kier alpha value is -1.99. The van der Waals surface area contributed by atoms with Crippen molar-refractivity contribution in [3.8, 4) is 0 Å². The number of nitrogens with zero attached hydrogens (tertiary/aromatic N) is 2. The molecule has 1 aliphatic carbocycles. The first-order valence-electron chi connectivity index (χ1n) is 9.41. The minimum Gasteiger partial charge on any atom is -0.481 e. The molecule has 0 spiro atoms. The number of nitrogens with one attached hydrogen (secondary N) is 1. The Bertz CT molecular complexity index is 752. The number of fused-ring (bicyclic) bond motifs is 1. The van der Waals surface area contributed by atoms with E-state index in [-0.39, 0.29) is 18.5 Å². The van der Waals surface area contributed by atoms with E-state index in [1.54, 1.807) is 11.0 Å². The number of carboxylic acids is 1. The number of carbonyl (C=O) groups is 2. The highest BCUT2D eigenvalue weighted by molar-refractivity contribution is 6.31. The molecule has 3 aliphatic rings. The Kier molecular flexibility index (Phi) is 4.90. The zero-order valence-electron chi connectivity index (χ0n) is 15.1. The van der Waals surface area contributed by atoms with Crippen molar-refractivity contribution in [3.63, 3.8) is 0 Å². The van der Waals surface area contributed by atoms with Gasteiger partial charge in [-0.1, -0.05) is 18.0 Å². The Labute approximate surface area is 163 Å². The van der Waals surface area contributed by atoms with Crippen molar-refractivity contribution >= 4 is 35.0 Å². The highest BCUT2D eigenvalue weighted by Gasteiger charge is 2.55. The van der Waals surface area contributed by atoms with Gasteiger partial charge in [0.15, 0.2) is 0 Å². The van der Waals surface area contributed by atoms with Gasteiger partial charge in [0.1, 0.15) is 0 Å². The Morgan fingerprint density at radius 1 is 1.30 bits per heavy atom. The average molecular weight is 394 g/mol. The molecule has 0 aromatic heterocycles. The molecule has 3 fully saturated rings. The van der Waals surface area contributed by atoms with E-state index in [0.29, 0.717) is 36.9 Å². The standard InChI is InChI=1S/C19H24ClN3O4/c20-14-3-4-16(22-6-8-27-9-7-22)15(10-14)21-18(26)23-11-13-2-1-5-19(13,12-23)17(24)25/h3-4,10,13H,1-2,5-9,11-12H2,(H,21,26)(H,24,25)/t13-,19+/m0/s1. The Morgan fingerprint density at radius 3 is 2.78 bits per heavy atom. The van der Waals surface area contributed by atoms with Crippen LogP contribution in [0.4, 0.5) is 16.2 Å². The molecule has 7 nitrogen and oxygen atoms in total. The molecule has 2 saturated heterocycles. The normalized spacial score (nSPS) is 27.5. The fraction of sp³-hybridized carbons (Fsp3) is 0.579. The second-order valence-electron chi connectivity index (χ2n) is 7.62. The monoisotopic (exact) mass is 393 g/mol. The SMILES string of the molecule is O=C(Nc1cc(Cl)ccc1N1CCOCC1)N1C[C@@H]2CCC[C@@]2(C(=O)O)C1. The number of amides is 2. The molecule has 2 amide bonds. The van der Waals surface area contributed by atoms with E-state index in [9.17, 15) is 14.7 Å². The lowest BCUT2D eigenvalue weighted by Gasteiger charge is -2.31. The van der Waals surface area contributed by atoms with Crippen LogP contribution in [0.3, 0.4) is 0 Å². The minimum atomic E-state index is -0.780. The molecule has 4 rings (SSSR count). The molecule has 2 N–H and O–H groups in total. The van der Waals surface area contributed by atoms with Crippen LogP contribution in [0.1, 0.15) is 19.3 Å². The predicted octanol–water partition coefficient (Wildman–Crippen LogP) is 2.90. The van der Waals surface area contributed by atoms with Crippen LogP contribution in [0, 0.1) is 11.3 Å². The quantitative estimate of drug-likeness (QED) is 0.825. The van der Waals surface area contributed by atoms with Crippen LogP contribution < -0.4 is 10.2 Å². The van der Waals surface area contributed by atoms with Gasteiger partial charge in [0.05, 0.1) is 30.0 Å². The first-order valence-corrected chi connectivity index (χ1v) is 9.79. The fourth-order valence-corrected chi connectivity index (χ4v) is 4.85. The summed E-state index contributed by atoms with van der Waals surface area (Å²) in [5, 5.41) is 13.2. The maximum Gasteiger partial charge on any atom is 0.321 e. The maximum atomic E-state index is 12.9. The number of hydrogen-bond acceptors (Lipinski definition) is 4. The molecule has 2 atom stereocenters. The van der Waals surface area contributed by atoms with Crippen molar-refractivity contribution in [1.82, 2.24) is 4.90 Å². The smallest absolute Gasteiger partial charge is 0.321 e. The molecule has 0 bridgehead atoms. The zero-order chi connectivity index (χ0) is 19.0. The second-order valence-corrected chi connectivity index (χ2v) is 8.06. The lowest BCUT2D eigenvalue weighted by Crippen LogP contribution is -2.39. The number of rotatable bonds is 3. The van der Waals surface area contributed by atoms with Crippen LogP contribution in [0.5, 0.6) is 0 Å². The summed E-state index contributed by atoms with van der Waals surface area (Å²) in [5.41, 5.74) is 0.776. The lowest BCUT2D eigenvalue weighted by atomic mass is 9.81. The van der Waals surface area contributed by atoms with Crippen molar-refractivity contribution in [2.45, 2.75) is 19.3 Å². The van der Waals surface area contributed by atoms with Gasteiger partial charge in [-0.25, -0.2) is 4.79 Å². The predicted molar refractivity (Wildman–Crippen MR) is 102 cm³/mol. The van der Waals surface area contributed by atoms with Gasteiger partial charge in [-0.3, -0.25) is 4.79 Å². The molecular formula is C19H24ClN3O4. The number of carbonyl (C=O) groups excluding carboxylic acids is 1. The number of likely N-dealkylation sites (tertiary alicyclic amines) is 1. The summed E-state index contributed by atoms with van der Waals surface area (Å²) in [7, 11) is 0. The maximum absolute atomic E-state index is 12.9. The third kappa shape index (κ3) is 3.34. The van der Waals surface area contributed by atoms with E-state index in [0.717, 1.165) is 31.6 Å². The molecule has 0 radical (unpaired) electrons. The van der Waals surface area contributed by atoms with Gasteiger partial charge in [-0.15, -0.1) is 0 Å². The molecule has 27 heavy (non-hydrogen) atoms. The van der Waals surface area contributed by atoms with E-state index in [1.165, 1.54) is 0 Å². The van der Waals surface area contributed by atoms with Crippen molar-refractivity contribution in [3.05, 3.63) is 23.2 Å². The van der Waals surface area contributed by atoms with Crippen LogP contribution in [0.2, 0.25) is 5.02 Å². The van der Waals surface area contributed by atoms with Gasteiger partial charge in [-0.05, 0) is 37.0 Å². The third-order valence-electron chi connectivity index (χ3n) is 6.14. The number of urea groups is 1. The van der Waals surface area contributed by atoms with Crippen molar-refractivity contribution in [2.75, 3.05) is 49.6 Å². The minimum absolute atomic E-state index is 0.0406. The number of ether oxygens (including phenoxy) is 1. The zero-order valence-corrected chi connectivity index (χ0v) is 15.9. The van der Waals surface area contributed by atoms with Crippen LogP contribution in [0.15, 0.2) is 18.2 Å². The molecule has 1 aromatic carbocycles. The summed E-state index contributed by atoms with van der Waals surface area (Å²) in [6.45, 7) is 3.55. The summed E-state index contributed by atoms with van der Waals surface area (Å²) in [6, 6.07) is 5.19. The van der Waals surface area contributed by atoms with Crippen LogP contribution in [-0.2, 0) is 9.53 Å². The van der Waals surface area contributed by atoms with E-state index in [2.05, 4.69) is 10.2 Å². The molecular weight excluding hydrogens is 370 g/mol. The number of carboxylic acid groups (broad SMARTS) is 1. The molecule has 146 valence electrons. The summed E-state index contributed by atoms with van der Waals surface area (Å²) in [5.74, 6) is -0.740. The van der Waals surface area contributed by atoms with Gasteiger partial charge in [0, 0.05) is 31.2 Å². The van der Waals surface area contributed by atoms with E-state index >= 15 is 0 Å². The van der Waals surface area contributed by atoms with Gasteiger partial charge < -0.3 is 25.0 Å². The fourth-order valence-electron chi connectivity index (χ4n) is 4.68. The number of aliphatic carboxylic acids is 1. The van der Waals surface area contributed by atoms with E-state index < -0.39 is 11.4 Å². The van der Waals surface area contributed by atoms with Crippen molar-refractivity contribution in [2.24, 2.45) is 11.3 Å². The first-order chi connectivity index (χ1) is 13.0. The molecule has 0 unspecified atom stereocenters. The lowest BCUT2D eigenvalue weighted by molar-refractivity contribution is -0.149. The summed E-state index contributed by atoms with van der Waals surface area (Å²) in [6.07, 6.45) is 2.43. The Morgan fingerprint density at radius 2 is 2.07 bits per heavy atom. The van der Waals surface area contributed by atoms with Crippen LogP contribution >= 0.6 is 11.6 Å². The van der Waals surface area contributed by atoms with Gasteiger partial charge in [0.25, 0.3) is 0 Å². The number of halogens is 1. The molecule has 2 aliphatic heterocycles. The van der Waals surface area contributed by atoms with Crippen LogP contribution in [0.25, 0.3) is 0 Å². The third-order valence-corrected chi connectivity index (χ3v) is 6.37. The Balaban J connectivity index is 1.52. The number of morpholine rings is 1. The largest absolute Gasteiger partial charge is 0.481 e. The first kappa shape index (κ1) is 18.4. The van der Waals surface area contributed by atoms with E-state index in [4.69, 9.17) is 16.3 Å². The number of benzene rings is 1. The van der Waals surface area contributed by atoms with Crippen LogP contribution in [-0.4, -0.2) is 61.4 Å². The highest BCUT2D eigenvalue weighted by atomic mass is 35.5. The summed E-state index contributed by atoms with van der Waals surface area (Å²) in [4.78, 5) is 28.5. The van der Waals surface area contributed by atoms with Gasteiger partial charge in [0.2, 0.25) is 0 Å². The molecule has 2 heterocycles. The molecule has 1 aromatic rings. The topological polar surface area (TPSA) is 82.1 Å². The summed E-state index contributed by atoms with van der Waals surface area (Å²) < 4.78 is 5.40. The second kappa shape index (κ2) is 7.20. The highest BCUT2D eigenvalue weighted by Crippen LogP contribution is 2.49. The van der Waals surface area contributed by atoms with Crippen molar-refractivity contribution in [1.29, 1.82) is 0 Å². The molecule has 8 heteroatoms. The molecule has 1 saturated carbocycles. The summed E-state index contributed by atoms with van der Waals surface area (Å²) >= 11 is 6.15. The van der Waals surface area contributed by atoms with Gasteiger partial charge in [-0.2, -0.15) is 0 Å².